The Morgan fingerprint density at radius 1 is 1.24 bits per heavy atom. The van der Waals surface area contributed by atoms with Crippen molar-refractivity contribution in [3.8, 4) is 0 Å². The summed E-state index contributed by atoms with van der Waals surface area (Å²) in [6, 6.07) is 8.66. The van der Waals surface area contributed by atoms with E-state index in [9.17, 15) is 5.11 Å². The molecule has 0 aromatic heterocycles. The van der Waals surface area contributed by atoms with Gasteiger partial charge in [0, 0.05) is 13.0 Å². The van der Waals surface area contributed by atoms with E-state index in [1.54, 1.807) is 0 Å². The maximum absolute atomic E-state index is 10.3. The molecule has 1 atom stereocenters. The number of nitrogens with one attached hydrogen (secondary N) is 1. The minimum absolute atomic E-state index is 0.199. The van der Waals surface area contributed by atoms with Crippen LogP contribution < -0.4 is 5.32 Å². The molecule has 0 amide bonds. The lowest BCUT2D eigenvalue weighted by atomic mass is 9.85. The molecule has 0 spiro atoms. The first kappa shape index (κ1) is 12.6. The molecule has 1 unspecified atom stereocenters. The number of hydrogen-bond acceptors (Lipinski definition) is 2. The molecular weight excluding hydrogens is 210 g/mol. The van der Waals surface area contributed by atoms with Gasteiger partial charge in [0.25, 0.3) is 0 Å². The smallest absolute Gasteiger partial charge is 0.0823 e. The molecule has 1 aliphatic heterocycles. The number of hydrogen-bond donors (Lipinski definition) is 2. The zero-order chi connectivity index (χ0) is 12.5. The summed E-state index contributed by atoms with van der Waals surface area (Å²) in [6.45, 7) is 8.30. The molecule has 94 valence electrons. The largest absolute Gasteiger partial charge is 0.388 e. The molecule has 0 saturated carbocycles. The van der Waals surface area contributed by atoms with Crippen LogP contribution in [0.3, 0.4) is 0 Å². The van der Waals surface area contributed by atoms with E-state index in [2.05, 4.69) is 50.4 Å². The molecule has 1 aliphatic rings. The molecule has 17 heavy (non-hydrogen) atoms. The van der Waals surface area contributed by atoms with Crippen LogP contribution in [0, 0.1) is 0 Å². The van der Waals surface area contributed by atoms with E-state index >= 15 is 0 Å². The minimum Gasteiger partial charge on any atom is -0.388 e. The fraction of sp³-hybridized carbons (Fsp3) is 0.600. The zero-order valence-corrected chi connectivity index (χ0v) is 11.1. The maximum atomic E-state index is 10.3. The first-order valence-electron chi connectivity index (χ1n) is 6.42. The van der Waals surface area contributed by atoms with Gasteiger partial charge in [-0.25, -0.2) is 0 Å². The van der Waals surface area contributed by atoms with Crippen molar-refractivity contribution in [3.63, 3.8) is 0 Å². The molecule has 1 aromatic carbocycles. The van der Waals surface area contributed by atoms with E-state index in [0.717, 1.165) is 19.4 Å². The predicted molar refractivity (Wildman–Crippen MR) is 71.3 cm³/mol. The molecule has 2 rings (SSSR count). The number of rotatable bonds is 2. The third kappa shape index (κ3) is 3.08. The van der Waals surface area contributed by atoms with E-state index in [0.29, 0.717) is 6.54 Å². The number of β-amino-alcohol motifs (C(OH)–C–C–N with tert-alkyl or cyclic N) is 1. The van der Waals surface area contributed by atoms with Gasteiger partial charge in [0.15, 0.2) is 0 Å². The van der Waals surface area contributed by atoms with Crippen molar-refractivity contribution in [2.75, 3.05) is 13.1 Å². The SMILES string of the molecule is CC(C)(C)c1ccc(CC2(O)CCNC2)cc1. The van der Waals surface area contributed by atoms with E-state index in [4.69, 9.17) is 0 Å². The normalized spacial score (nSPS) is 25.2. The molecule has 1 saturated heterocycles. The Morgan fingerprint density at radius 3 is 2.35 bits per heavy atom. The number of aliphatic hydroxyl groups is 1. The Kier molecular flexibility index (Phi) is 3.28. The fourth-order valence-electron chi connectivity index (χ4n) is 2.38. The van der Waals surface area contributed by atoms with Crippen LogP contribution in [0.4, 0.5) is 0 Å². The average Bonchev–Trinajstić information content (AvgIpc) is 2.64. The second kappa shape index (κ2) is 4.43. The first-order valence-corrected chi connectivity index (χ1v) is 6.42. The van der Waals surface area contributed by atoms with E-state index in [1.807, 2.05) is 0 Å². The molecule has 2 heteroatoms. The van der Waals surface area contributed by atoms with Crippen LogP contribution in [0.5, 0.6) is 0 Å². The van der Waals surface area contributed by atoms with Crippen molar-refractivity contribution in [3.05, 3.63) is 35.4 Å². The third-order valence-corrected chi connectivity index (χ3v) is 3.57. The highest BCUT2D eigenvalue weighted by Gasteiger charge is 2.30. The molecule has 2 N–H and O–H groups in total. The lowest BCUT2D eigenvalue weighted by molar-refractivity contribution is 0.0619. The van der Waals surface area contributed by atoms with E-state index in [-0.39, 0.29) is 5.41 Å². The maximum Gasteiger partial charge on any atom is 0.0823 e. The van der Waals surface area contributed by atoms with Crippen LogP contribution in [0.2, 0.25) is 0 Å². The van der Waals surface area contributed by atoms with Crippen LogP contribution in [-0.4, -0.2) is 23.8 Å². The highest BCUT2D eigenvalue weighted by Crippen LogP contribution is 2.25. The van der Waals surface area contributed by atoms with Crippen LogP contribution in [0.1, 0.15) is 38.3 Å². The van der Waals surface area contributed by atoms with Gasteiger partial charge in [0.2, 0.25) is 0 Å². The van der Waals surface area contributed by atoms with Crippen molar-refractivity contribution in [1.29, 1.82) is 0 Å². The van der Waals surface area contributed by atoms with E-state index in [1.165, 1.54) is 11.1 Å². The quantitative estimate of drug-likeness (QED) is 0.821. The van der Waals surface area contributed by atoms with Gasteiger partial charge in [-0.1, -0.05) is 45.0 Å². The Labute approximate surface area is 104 Å². The summed E-state index contributed by atoms with van der Waals surface area (Å²) in [7, 11) is 0. The minimum atomic E-state index is -0.538. The zero-order valence-electron chi connectivity index (χ0n) is 11.1. The van der Waals surface area contributed by atoms with Crippen molar-refractivity contribution in [2.24, 2.45) is 0 Å². The highest BCUT2D eigenvalue weighted by molar-refractivity contribution is 5.28. The van der Waals surface area contributed by atoms with Crippen molar-refractivity contribution in [2.45, 2.75) is 44.6 Å². The van der Waals surface area contributed by atoms with Gasteiger partial charge < -0.3 is 10.4 Å². The molecule has 2 nitrogen and oxygen atoms in total. The molecule has 1 fully saturated rings. The second-order valence-electron chi connectivity index (χ2n) is 6.27. The summed E-state index contributed by atoms with van der Waals surface area (Å²) in [5, 5.41) is 13.5. The third-order valence-electron chi connectivity index (χ3n) is 3.57. The fourth-order valence-corrected chi connectivity index (χ4v) is 2.38. The lowest BCUT2D eigenvalue weighted by Crippen LogP contribution is -2.33. The molecule has 0 bridgehead atoms. The molecule has 0 aliphatic carbocycles. The van der Waals surface area contributed by atoms with Gasteiger partial charge in [0.1, 0.15) is 0 Å². The summed E-state index contributed by atoms with van der Waals surface area (Å²) < 4.78 is 0. The second-order valence-corrected chi connectivity index (χ2v) is 6.27. The van der Waals surface area contributed by atoms with Gasteiger partial charge in [-0.2, -0.15) is 0 Å². The summed E-state index contributed by atoms with van der Waals surface area (Å²) >= 11 is 0. The number of benzene rings is 1. The highest BCUT2D eigenvalue weighted by atomic mass is 16.3. The van der Waals surface area contributed by atoms with Gasteiger partial charge in [0.05, 0.1) is 5.60 Å². The summed E-state index contributed by atoms with van der Waals surface area (Å²) in [5.41, 5.74) is 2.23. The van der Waals surface area contributed by atoms with E-state index < -0.39 is 5.60 Å². The Hall–Kier alpha value is -0.860. The van der Waals surface area contributed by atoms with Crippen LogP contribution in [0.25, 0.3) is 0 Å². The average molecular weight is 233 g/mol. The monoisotopic (exact) mass is 233 g/mol. The standard InChI is InChI=1S/C15H23NO/c1-14(2,3)13-6-4-12(5-7-13)10-15(17)8-9-16-11-15/h4-7,16-17H,8-11H2,1-3H3. The van der Waals surface area contributed by atoms with Crippen molar-refractivity contribution >= 4 is 0 Å². The van der Waals surface area contributed by atoms with Gasteiger partial charge in [-0.15, -0.1) is 0 Å². The predicted octanol–water partition coefficient (Wildman–Crippen LogP) is 2.25. The molecule has 1 heterocycles. The summed E-state index contributed by atoms with van der Waals surface area (Å²) in [4.78, 5) is 0. The van der Waals surface area contributed by atoms with Crippen LogP contribution >= 0.6 is 0 Å². The molecule has 0 radical (unpaired) electrons. The lowest BCUT2D eigenvalue weighted by Gasteiger charge is -2.23. The van der Waals surface area contributed by atoms with Gasteiger partial charge >= 0.3 is 0 Å². The topological polar surface area (TPSA) is 32.3 Å². The molecular formula is C15H23NO. The Balaban J connectivity index is 2.08. The van der Waals surface area contributed by atoms with Gasteiger partial charge in [-0.3, -0.25) is 0 Å². The van der Waals surface area contributed by atoms with Gasteiger partial charge in [-0.05, 0) is 29.5 Å². The molecule has 1 aromatic rings. The van der Waals surface area contributed by atoms with Crippen molar-refractivity contribution in [1.82, 2.24) is 5.32 Å². The summed E-state index contributed by atoms with van der Waals surface area (Å²) in [5.74, 6) is 0. The Morgan fingerprint density at radius 2 is 1.88 bits per heavy atom. The summed E-state index contributed by atoms with van der Waals surface area (Å²) in [6.07, 6.45) is 1.61. The first-order chi connectivity index (χ1) is 7.89. The van der Waals surface area contributed by atoms with Crippen molar-refractivity contribution < 1.29 is 5.11 Å². The van der Waals surface area contributed by atoms with Crippen LogP contribution in [-0.2, 0) is 11.8 Å². The Bertz CT molecular complexity index is 369. The van der Waals surface area contributed by atoms with Crippen LogP contribution in [0.15, 0.2) is 24.3 Å².